The Balaban J connectivity index is 1.47. The first kappa shape index (κ1) is 25.4. The molecule has 8 heteroatoms. The van der Waals surface area contributed by atoms with E-state index in [0.717, 1.165) is 50.5 Å². The average Bonchev–Trinajstić information content (AvgIpc) is 3.44. The van der Waals surface area contributed by atoms with E-state index in [9.17, 15) is 18.0 Å². The van der Waals surface area contributed by atoms with Crippen molar-refractivity contribution >= 4 is 21.8 Å². The molecule has 2 aliphatic rings. The predicted molar refractivity (Wildman–Crippen MR) is 135 cm³/mol. The van der Waals surface area contributed by atoms with E-state index in [1.54, 1.807) is 7.05 Å². The van der Waals surface area contributed by atoms with E-state index < -0.39 is 16.1 Å². The average molecular weight is 498 g/mol. The van der Waals surface area contributed by atoms with Crippen molar-refractivity contribution in [3.63, 3.8) is 0 Å². The van der Waals surface area contributed by atoms with E-state index in [4.69, 9.17) is 0 Å². The zero-order valence-corrected chi connectivity index (χ0v) is 21.2. The summed E-state index contributed by atoms with van der Waals surface area (Å²) in [5, 5.41) is 2.90. The van der Waals surface area contributed by atoms with Gasteiger partial charge in [-0.1, -0.05) is 49.6 Å². The number of amides is 2. The minimum Gasteiger partial charge on any atom is -0.341 e. The third-order valence-electron chi connectivity index (χ3n) is 7.19. The fraction of sp³-hybridized carbons (Fsp3) is 0.481. The van der Waals surface area contributed by atoms with Gasteiger partial charge in [0.15, 0.2) is 0 Å². The highest BCUT2D eigenvalue weighted by Gasteiger charge is 2.30. The van der Waals surface area contributed by atoms with Gasteiger partial charge in [0, 0.05) is 38.2 Å². The number of hydrogen-bond acceptors (Lipinski definition) is 4. The minimum absolute atomic E-state index is 0.0204. The Hall–Kier alpha value is -2.71. The third-order valence-corrected chi connectivity index (χ3v) is 9.11. The lowest BCUT2D eigenvalue weighted by Crippen LogP contribution is -2.49. The van der Waals surface area contributed by atoms with E-state index in [1.807, 2.05) is 35.2 Å². The quantitative estimate of drug-likeness (QED) is 0.604. The van der Waals surface area contributed by atoms with Crippen molar-refractivity contribution < 1.29 is 18.0 Å². The summed E-state index contributed by atoms with van der Waals surface area (Å²) in [7, 11) is -1.99. The van der Waals surface area contributed by atoms with Crippen molar-refractivity contribution in [1.29, 1.82) is 0 Å². The molecule has 1 saturated heterocycles. The molecular formula is C27H35N3O4S. The molecule has 188 valence electrons. The Morgan fingerprint density at radius 1 is 0.943 bits per heavy atom. The summed E-state index contributed by atoms with van der Waals surface area (Å²) in [4.78, 5) is 28.2. The molecule has 1 N–H and O–H groups in total. The predicted octanol–water partition coefficient (Wildman–Crippen LogP) is 3.60. The summed E-state index contributed by atoms with van der Waals surface area (Å²) in [5.74, 6) is -0.462. The van der Waals surface area contributed by atoms with E-state index in [1.165, 1.54) is 28.6 Å². The standard InChI is InChI=1S/C27H35N3O4S/c1-29(23-12-6-3-7-13-23)35(33,34)24-16-14-22(15-17-24)26(31)28-25(20-21-10-4-2-5-11-21)27(32)30-18-8-9-19-30/h2,4-5,10-11,14-17,23,25H,3,6-9,12-13,18-20H2,1H3,(H,28,31). The fourth-order valence-corrected chi connectivity index (χ4v) is 6.45. The second-order valence-electron chi connectivity index (χ2n) is 9.59. The molecule has 7 nitrogen and oxygen atoms in total. The van der Waals surface area contributed by atoms with Crippen LogP contribution in [-0.4, -0.2) is 61.7 Å². The largest absolute Gasteiger partial charge is 0.341 e. The molecule has 1 aliphatic heterocycles. The Labute approximate surface area is 208 Å². The molecule has 1 aliphatic carbocycles. The topological polar surface area (TPSA) is 86.8 Å². The van der Waals surface area contributed by atoms with Crippen LogP contribution in [0.4, 0.5) is 0 Å². The first-order valence-corrected chi connectivity index (χ1v) is 14.0. The number of carbonyl (C=O) groups is 2. The molecule has 2 amide bonds. The molecule has 0 spiro atoms. The maximum absolute atomic E-state index is 13.2. The van der Waals surface area contributed by atoms with Crippen molar-refractivity contribution in [2.75, 3.05) is 20.1 Å². The number of likely N-dealkylation sites (tertiary alicyclic amines) is 1. The van der Waals surface area contributed by atoms with Gasteiger partial charge in [0.1, 0.15) is 6.04 Å². The molecular weight excluding hydrogens is 462 g/mol. The molecule has 2 aromatic rings. The van der Waals surface area contributed by atoms with Gasteiger partial charge in [-0.25, -0.2) is 8.42 Å². The number of nitrogens with zero attached hydrogens (tertiary/aromatic N) is 2. The summed E-state index contributed by atoms with van der Waals surface area (Å²) >= 11 is 0. The lowest BCUT2D eigenvalue weighted by Gasteiger charge is -2.30. The summed E-state index contributed by atoms with van der Waals surface area (Å²) in [6.45, 7) is 1.42. The van der Waals surface area contributed by atoms with Crippen LogP contribution in [-0.2, 0) is 21.2 Å². The molecule has 1 heterocycles. The van der Waals surface area contributed by atoms with Crippen molar-refractivity contribution in [3.05, 3.63) is 65.7 Å². The zero-order chi connectivity index (χ0) is 24.8. The van der Waals surface area contributed by atoms with Crippen molar-refractivity contribution in [1.82, 2.24) is 14.5 Å². The van der Waals surface area contributed by atoms with E-state index >= 15 is 0 Å². The number of nitrogens with one attached hydrogen (secondary N) is 1. The zero-order valence-electron chi connectivity index (χ0n) is 20.4. The summed E-state index contributed by atoms with van der Waals surface area (Å²) in [6, 6.07) is 15.0. The summed E-state index contributed by atoms with van der Waals surface area (Å²) in [6.07, 6.45) is 7.36. The summed E-state index contributed by atoms with van der Waals surface area (Å²) < 4.78 is 27.7. The monoisotopic (exact) mass is 497 g/mol. The highest BCUT2D eigenvalue weighted by atomic mass is 32.2. The molecule has 4 rings (SSSR count). The number of sulfonamides is 1. The first-order chi connectivity index (χ1) is 16.9. The van der Waals surface area contributed by atoms with Gasteiger partial charge in [0.2, 0.25) is 15.9 Å². The second kappa shape index (κ2) is 11.4. The Kier molecular flexibility index (Phi) is 8.23. The van der Waals surface area contributed by atoms with E-state index in [2.05, 4.69) is 5.32 Å². The van der Waals surface area contributed by atoms with E-state index in [-0.39, 0.29) is 22.8 Å². The number of hydrogen-bond donors (Lipinski definition) is 1. The van der Waals surface area contributed by atoms with Crippen LogP contribution in [0.25, 0.3) is 0 Å². The minimum atomic E-state index is -3.63. The Bertz CT molecular complexity index is 1110. The van der Waals surface area contributed by atoms with Crippen LogP contribution in [0.15, 0.2) is 59.5 Å². The van der Waals surface area contributed by atoms with Gasteiger partial charge in [-0.2, -0.15) is 4.31 Å². The molecule has 2 fully saturated rings. The maximum atomic E-state index is 13.2. The molecule has 0 radical (unpaired) electrons. The normalized spacial score (nSPS) is 17.9. The molecule has 1 saturated carbocycles. The molecule has 2 aromatic carbocycles. The Morgan fingerprint density at radius 3 is 2.20 bits per heavy atom. The lowest BCUT2D eigenvalue weighted by atomic mass is 9.96. The third kappa shape index (κ3) is 6.11. The number of benzene rings is 2. The van der Waals surface area contributed by atoms with Crippen LogP contribution in [0.1, 0.15) is 60.9 Å². The number of carbonyl (C=O) groups excluding carboxylic acids is 2. The SMILES string of the molecule is CN(C1CCCCC1)S(=O)(=O)c1ccc(C(=O)NC(Cc2ccccc2)C(=O)N2CCCC2)cc1. The van der Waals surface area contributed by atoms with Crippen LogP contribution in [0.3, 0.4) is 0 Å². The van der Waals surface area contributed by atoms with Gasteiger partial charge in [-0.3, -0.25) is 9.59 Å². The van der Waals surface area contributed by atoms with Crippen LogP contribution in [0.2, 0.25) is 0 Å². The first-order valence-electron chi connectivity index (χ1n) is 12.6. The van der Waals surface area contributed by atoms with Crippen LogP contribution in [0.5, 0.6) is 0 Å². The van der Waals surface area contributed by atoms with E-state index in [0.29, 0.717) is 25.1 Å². The highest BCUT2D eigenvalue weighted by molar-refractivity contribution is 7.89. The van der Waals surface area contributed by atoms with Gasteiger partial charge < -0.3 is 10.2 Å². The van der Waals surface area contributed by atoms with Crippen LogP contribution >= 0.6 is 0 Å². The van der Waals surface area contributed by atoms with Gasteiger partial charge in [0.25, 0.3) is 5.91 Å². The van der Waals surface area contributed by atoms with Crippen LogP contribution < -0.4 is 5.32 Å². The lowest BCUT2D eigenvalue weighted by molar-refractivity contribution is -0.132. The Morgan fingerprint density at radius 2 is 1.57 bits per heavy atom. The summed E-state index contributed by atoms with van der Waals surface area (Å²) in [5.41, 5.74) is 1.30. The van der Waals surface area contributed by atoms with Crippen molar-refractivity contribution in [2.45, 2.75) is 68.3 Å². The van der Waals surface area contributed by atoms with Crippen molar-refractivity contribution in [3.8, 4) is 0 Å². The van der Waals surface area contributed by atoms with Gasteiger partial charge >= 0.3 is 0 Å². The van der Waals surface area contributed by atoms with Gasteiger partial charge in [-0.05, 0) is 55.5 Å². The highest BCUT2D eigenvalue weighted by Crippen LogP contribution is 2.26. The second-order valence-corrected chi connectivity index (χ2v) is 11.6. The molecule has 0 aromatic heterocycles. The smallest absolute Gasteiger partial charge is 0.251 e. The van der Waals surface area contributed by atoms with Gasteiger partial charge in [-0.15, -0.1) is 0 Å². The molecule has 0 bridgehead atoms. The van der Waals surface area contributed by atoms with Gasteiger partial charge in [0.05, 0.1) is 4.90 Å². The molecule has 35 heavy (non-hydrogen) atoms. The van der Waals surface area contributed by atoms with Crippen molar-refractivity contribution in [2.24, 2.45) is 0 Å². The molecule has 1 atom stereocenters. The fourth-order valence-electron chi connectivity index (χ4n) is 5.03. The maximum Gasteiger partial charge on any atom is 0.251 e. The van der Waals surface area contributed by atoms with Crippen LogP contribution in [0, 0.1) is 0 Å². The molecule has 1 unspecified atom stereocenters. The number of rotatable bonds is 8.